The third-order valence-corrected chi connectivity index (χ3v) is 8.01. The van der Waals surface area contributed by atoms with Crippen LogP contribution in [0.2, 0.25) is 5.02 Å². The highest BCUT2D eigenvalue weighted by atomic mass is 35.5. The van der Waals surface area contributed by atoms with Crippen molar-refractivity contribution in [3.63, 3.8) is 0 Å². The molecule has 6 rings (SSSR count). The molecule has 3 aromatic carbocycles. The van der Waals surface area contributed by atoms with Crippen LogP contribution < -0.4 is 15.1 Å². The highest BCUT2D eigenvalue weighted by Gasteiger charge is 2.33. The molecule has 14 heteroatoms. The highest BCUT2D eigenvalue weighted by molar-refractivity contribution is 8.14. The van der Waals surface area contributed by atoms with Crippen molar-refractivity contribution >= 4 is 51.5 Å². The minimum Gasteiger partial charge on any atom is -0.406 e. The van der Waals surface area contributed by atoms with Gasteiger partial charge in [-0.3, -0.25) is 9.74 Å². The second kappa shape index (κ2) is 12.0. The van der Waals surface area contributed by atoms with E-state index in [0.717, 1.165) is 33.4 Å². The van der Waals surface area contributed by atoms with Gasteiger partial charge in [0.25, 0.3) is 0 Å². The molecule has 220 valence electrons. The van der Waals surface area contributed by atoms with Crippen molar-refractivity contribution in [3.8, 4) is 22.8 Å². The van der Waals surface area contributed by atoms with Crippen molar-refractivity contribution in [3.05, 3.63) is 101 Å². The smallest absolute Gasteiger partial charge is 0.406 e. The summed E-state index contributed by atoms with van der Waals surface area (Å²) in [4.78, 5) is 16.6. The maximum atomic E-state index is 12.4. The van der Waals surface area contributed by atoms with Gasteiger partial charge in [0.05, 0.1) is 18.0 Å². The molecule has 1 atom stereocenters. The van der Waals surface area contributed by atoms with Gasteiger partial charge in [-0.2, -0.15) is 4.99 Å². The second-order valence-electron chi connectivity index (χ2n) is 9.62. The predicted molar refractivity (Wildman–Crippen MR) is 164 cm³/mol. The molecule has 0 bridgehead atoms. The molecule has 0 aliphatic carbocycles. The Bertz CT molecular complexity index is 1730. The number of amidine groups is 1. The fraction of sp³-hybridized carbons (Fsp3) is 0.172. The molecule has 1 N–H and O–H groups in total. The number of thiocarbonyl (C=S) groups is 1. The third kappa shape index (κ3) is 6.69. The predicted octanol–water partition coefficient (Wildman–Crippen LogP) is 7.40. The molecule has 8 nitrogen and oxygen atoms in total. The summed E-state index contributed by atoms with van der Waals surface area (Å²) in [5.74, 6) is 1.22. The number of fused-ring (bicyclic) bond motifs is 3. The summed E-state index contributed by atoms with van der Waals surface area (Å²) in [7, 11) is 0. The zero-order valence-corrected chi connectivity index (χ0v) is 24.8. The summed E-state index contributed by atoms with van der Waals surface area (Å²) >= 11 is 13.3. The number of hydroxylamine groups is 1. The van der Waals surface area contributed by atoms with E-state index in [-0.39, 0.29) is 23.4 Å². The van der Waals surface area contributed by atoms with Crippen LogP contribution in [-0.2, 0) is 11.4 Å². The van der Waals surface area contributed by atoms with Gasteiger partial charge in [-0.1, -0.05) is 66.7 Å². The van der Waals surface area contributed by atoms with Crippen molar-refractivity contribution in [2.24, 2.45) is 4.99 Å². The van der Waals surface area contributed by atoms with E-state index in [1.807, 2.05) is 42.5 Å². The minimum absolute atomic E-state index is 0.204. The normalized spacial score (nSPS) is 17.0. The van der Waals surface area contributed by atoms with Gasteiger partial charge in [0, 0.05) is 28.0 Å². The molecule has 3 heterocycles. The van der Waals surface area contributed by atoms with E-state index in [1.165, 1.54) is 40.8 Å². The topological polar surface area (TPSA) is 76.8 Å². The number of aliphatic imine (C=N–C) groups is 1. The molecule has 4 aromatic rings. The number of thioether (sulfide) groups is 1. The average molecular weight is 643 g/mol. The number of nitrogens with zero attached hydrogens (tertiary/aromatic N) is 5. The van der Waals surface area contributed by atoms with Crippen molar-refractivity contribution in [1.29, 1.82) is 0 Å². The van der Waals surface area contributed by atoms with E-state index in [2.05, 4.69) is 43.2 Å². The monoisotopic (exact) mass is 642 g/mol. The quantitative estimate of drug-likeness (QED) is 0.172. The van der Waals surface area contributed by atoms with Gasteiger partial charge in [-0.05, 0) is 59.7 Å². The molecule has 1 unspecified atom stereocenters. The van der Waals surface area contributed by atoms with Crippen molar-refractivity contribution in [2.75, 3.05) is 10.7 Å². The van der Waals surface area contributed by atoms with Crippen molar-refractivity contribution in [2.45, 2.75) is 25.8 Å². The molecular weight excluding hydrogens is 621 g/mol. The molecule has 0 saturated carbocycles. The van der Waals surface area contributed by atoms with Crippen LogP contribution in [0.4, 0.5) is 18.9 Å². The Morgan fingerprint density at radius 3 is 2.65 bits per heavy atom. The fourth-order valence-corrected chi connectivity index (χ4v) is 6.06. The van der Waals surface area contributed by atoms with Crippen LogP contribution in [0, 0.1) is 0 Å². The number of nitrogens with one attached hydrogen (secondary N) is 1. The average Bonchev–Trinajstić information content (AvgIpc) is 3.61. The summed E-state index contributed by atoms with van der Waals surface area (Å²) in [6, 6.07) is 18.7. The Hall–Kier alpha value is -3.91. The maximum Gasteiger partial charge on any atom is 0.573 e. The number of halogens is 4. The van der Waals surface area contributed by atoms with Gasteiger partial charge < -0.3 is 4.74 Å². The van der Waals surface area contributed by atoms with Gasteiger partial charge >= 0.3 is 6.36 Å². The Kier molecular flexibility index (Phi) is 8.14. The molecule has 0 radical (unpaired) electrons. The van der Waals surface area contributed by atoms with Crippen LogP contribution >= 0.6 is 35.6 Å². The van der Waals surface area contributed by atoms with Gasteiger partial charge in [-0.25, -0.2) is 15.1 Å². The second-order valence-corrected chi connectivity index (χ2v) is 11.4. The van der Waals surface area contributed by atoms with Gasteiger partial charge in [0.2, 0.25) is 5.11 Å². The lowest BCUT2D eigenvalue weighted by atomic mass is 9.94. The zero-order chi connectivity index (χ0) is 30.1. The Morgan fingerprint density at radius 2 is 1.91 bits per heavy atom. The number of rotatable bonds is 6. The van der Waals surface area contributed by atoms with Crippen LogP contribution in [0.5, 0.6) is 5.75 Å². The number of alkyl halides is 3. The molecule has 2 aliphatic heterocycles. The first-order chi connectivity index (χ1) is 20.6. The van der Waals surface area contributed by atoms with E-state index in [1.54, 1.807) is 11.8 Å². The minimum atomic E-state index is -4.75. The lowest BCUT2D eigenvalue weighted by molar-refractivity contribution is -0.274. The molecule has 1 aromatic heterocycles. The van der Waals surface area contributed by atoms with Crippen LogP contribution in [0.25, 0.3) is 17.1 Å². The summed E-state index contributed by atoms with van der Waals surface area (Å²) in [6.45, 7) is 2.40. The summed E-state index contributed by atoms with van der Waals surface area (Å²) in [5.41, 5.74) is 8.26. The first-order valence-electron chi connectivity index (χ1n) is 12.9. The summed E-state index contributed by atoms with van der Waals surface area (Å²) < 4.78 is 42.6. The van der Waals surface area contributed by atoms with Crippen molar-refractivity contribution < 1.29 is 22.7 Å². The van der Waals surface area contributed by atoms with E-state index in [4.69, 9.17) is 28.7 Å². The van der Waals surface area contributed by atoms with Crippen LogP contribution in [0.1, 0.15) is 24.0 Å². The standard InChI is InChI=1S/C29H22ClF3N6O2S2/c1-17-12-22-15-43-28(39(22)25-13-20(30)6-11-24(17)25)35-27(42)37-40-14-18-2-4-19(5-3-18)26-34-16-38(36-26)21-7-9-23(10-8-21)41-29(31,32)33/h2-13,16-17H,14-15H2,1H3,(H,37,42). The number of hydrogen-bond acceptors (Lipinski definition) is 6. The number of ether oxygens (including phenoxy) is 1. The Morgan fingerprint density at radius 1 is 1.14 bits per heavy atom. The molecule has 1 fully saturated rings. The largest absolute Gasteiger partial charge is 0.573 e. The lowest BCUT2D eigenvalue weighted by Gasteiger charge is -2.29. The van der Waals surface area contributed by atoms with Crippen molar-refractivity contribution in [1.82, 2.24) is 20.2 Å². The SMILES string of the molecule is CC1C=C2CSC(=NC(=S)NOCc3ccc(-c4ncn(-c5ccc(OC(F)(F)F)cc5)n4)cc3)N2c2cc(Cl)ccc21. The first kappa shape index (κ1) is 29.2. The molecule has 1 saturated heterocycles. The van der Waals surface area contributed by atoms with Gasteiger partial charge in [-0.15, -0.1) is 18.3 Å². The van der Waals surface area contributed by atoms with Crippen LogP contribution in [0.3, 0.4) is 0 Å². The fourth-order valence-electron chi connectivity index (χ4n) is 4.69. The molecular formula is C29H22ClF3N6O2S2. The Labute approximate surface area is 259 Å². The third-order valence-electron chi connectivity index (χ3n) is 6.63. The van der Waals surface area contributed by atoms with Gasteiger partial charge in [0.15, 0.2) is 11.0 Å². The maximum absolute atomic E-state index is 12.4. The zero-order valence-electron chi connectivity index (χ0n) is 22.4. The molecule has 0 spiro atoms. The van der Waals surface area contributed by atoms with Gasteiger partial charge in [0.1, 0.15) is 12.1 Å². The van der Waals surface area contributed by atoms with E-state index in [0.29, 0.717) is 16.5 Å². The number of allylic oxidation sites excluding steroid dienone is 1. The number of anilines is 1. The lowest BCUT2D eigenvalue weighted by Crippen LogP contribution is -2.29. The molecule has 0 amide bonds. The van der Waals surface area contributed by atoms with Crippen LogP contribution in [0.15, 0.2) is 89.8 Å². The van der Waals surface area contributed by atoms with E-state index >= 15 is 0 Å². The molecule has 43 heavy (non-hydrogen) atoms. The summed E-state index contributed by atoms with van der Waals surface area (Å²) in [5, 5.41) is 6.04. The van der Waals surface area contributed by atoms with E-state index < -0.39 is 6.36 Å². The molecule has 2 aliphatic rings. The number of benzene rings is 3. The van der Waals surface area contributed by atoms with Crippen LogP contribution in [-0.4, -0.2) is 37.2 Å². The number of aromatic nitrogens is 3. The highest BCUT2D eigenvalue weighted by Crippen LogP contribution is 2.43. The Balaban J connectivity index is 1.04. The summed E-state index contributed by atoms with van der Waals surface area (Å²) in [6.07, 6.45) is -1.03. The van der Waals surface area contributed by atoms with E-state index in [9.17, 15) is 13.2 Å². The first-order valence-corrected chi connectivity index (χ1v) is 14.7. The number of hydrogen-bond donors (Lipinski definition) is 1.